The molecule has 0 amide bonds. The standard InChI is InChI=1S/C15H17N5O4/c1-10(2)18-9-12(6-11(18)3)8-16-17-14-5-4-13(19(21)22)7-15(14)20(23)24/h4-10,17H,1-3H3/b16-8-. The summed E-state index contributed by atoms with van der Waals surface area (Å²) in [6.45, 7) is 6.10. The van der Waals surface area contributed by atoms with E-state index >= 15 is 0 Å². The molecule has 0 saturated heterocycles. The van der Waals surface area contributed by atoms with Crippen molar-refractivity contribution in [3.05, 3.63) is 61.9 Å². The van der Waals surface area contributed by atoms with Crippen molar-refractivity contribution in [1.82, 2.24) is 4.57 Å². The van der Waals surface area contributed by atoms with Crippen molar-refractivity contribution in [1.29, 1.82) is 0 Å². The quantitative estimate of drug-likeness (QED) is 0.493. The first-order valence-electron chi connectivity index (χ1n) is 7.20. The lowest BCUT2D eigenvalue weighted by atomic mass is 10.2. The molecule has 0 radical (unpaired) electrons. The second kappa shape index (κ2) is 6.90. The zero-order valence-corrected chi connectivity index (χ0v) is 13.5. The van der Waals surface area contributed by atoms with E-state index in [1.54, 1.807) is 0 Å². The Kier molecular flexibility index (Phi) is 4.93. The van der Waals surface area contributed by atoms with Gasteiger partial charge < -0.3 is 4.57 Å². The zero-order valence-electron chi connectivity index (χ0n) is 13.5. The van der Waals surface area contributed by atoms with E-state index in [-0.39, 0.29) is 11.4 Å². The molecule has 1 heterocycles. The summed E-state index contributed by atoms with van der Waals surface area (Å²) in [5.41, 5.74) is 3.82. The van der Waals surface area contributed by atoms with Gasteiger partial charge in [0.1, 0.15) is 5.69 Å². The SMILES string of the molecule is Cc1cc(/C=N\Nc2ccc([N+](=O)[O-])cc2[N+](=O)[O-])cn1C(C)C. The second-order valence-corrected chi connectivity index (χ2v) is 5.50. The number of aromatic nitrogens is 1. The van der Waals surface area contributed by atoms with Crippen molar-refractivity contribution >= 4 is 23.3 Å². The van der Waals surface area contributed by atoms with Gasteiger partial charge in [-0.25, -0.2) is 0 Å². The average molecular weight is 331 g/mol. The maximum Gasteiger partial charge on any atom is 0.301 e. The highest BCUT2D eigenvalue weighted by Gasteiger charge is 2.19. The lowest BCUT2D eigenvalue weighted by Gasteiger charge is -2.08. The maximum atomic E-state index is 11.0. The number of anilines is 1. The Morgan fingerprint density at radius 2 is 1.92 bits per heavy atom. The van der Waals surface area contributed by atoms with Gasteiger partial charge in [0.2, 0.25) is 0 Å². The van der Waals surface area contributed by atoms with Crippen molar-refractivity contribution < 1.29 is 9.85 Å². The third-order valence-electron chi connectivity index (χ3n) is 3.41. The lowest BCUT2D eigenvalue weighted by Crippen LogP contribution is -2.00. The largest absolute Gasteiger partial charge is 0.349 e. The molecule has 0 aliphatic heterocycles. The second-order valence-electron chi connectivity index (χ2n) is 5.50. The van der Waals surface area contributed by atoms with Gasteiger partial charge in [0, 0.05) is 29.6 Å². The van der Waals surface area contributed by atoms with E-state index in [9.17, 15) is 20.2 Å². The lowest BCUT2D eigenvalue weighted by molar-refractivity contribution is -0.393. The summed E-state index contributed by atoms with van der Waals surface area (Å²) in [7, 11) is 0. The van der Waals surface area contributed by atoms with Crippen LogP contribution in [0.2, 0.25) is 0 Å². The van der Waals surface area contributed by atoms with Crippen LogP contribution in [-0.4, -0.2) is 20.6 Å². The van der Waals surface area contributed by atoms with Gasteiger partial charge in [-0.1, -0.05) is 0 Å². The van der Waals surface area contributed by atoms with Crippen LogP contribution in [0.4, 0.5) is 17.1 Å². The van der Waals surface area contributed by atoms with Crippen molar-refractivity contribution in [3.63, 3.8) is 0 Å². The van der Waals surface area contributed by atoms with Crippen LogP contribution in [-0.2, 0) is 0 Å². The van der Waals surface area contributed by atoms with E-state index < -0.39 is 15.5 Å². The number of aryl methyl sites for hydroxylation is 1. The van der Waals surface area contributed by atoms with Crippen molar-refractivity contribution in [2.24, 2.45) is 5.10 Å². The van der Waals surface area contributed by atoms with E-state index in [0.29, 0.717) is 6.04 Å². The summed E-state index contributed by atoms with van der Waals surface area (Å²) >= 11 is 0. The Bertz CT molecular complexity index is 810. The highest BCUT2D eigenvalue weighted by Crippen LogP contribution is 2.28. The Morgan fingerprint density at radius 3 is 2.46 bits per heavy atom. The number of nitro benzene ring substituents is 2. The fraction of sp³-hybridized carbons (Fsp3) is 0.267. The minimum Gasteiger partial charge on any atom is -0.349 e. The normalized spacial score (nSPS) is 11.2. The number of hydrogen-bond donors (Lipinski definition) is 1. The summed E-state index contributed by atoms with van der Waals surface area (Å²) < 4.78 is 2.08. The zero-order chi connectivity index (χ0) is 17.9. The highest BCUT2D eigenvalue weighted by molar-refractivity contribution is 5.80. The molecule has 1 aromatic heterocycles. The minimum atomic E-state index is -0.690. The first kappa shape index (κ1) is 17.1. The molecule has 0 aliphatic rings. The number of nitrogens with one attached hydrogen (secondary N) is 1. The summed E-state index contributed by atoms with van der Waals surface area (Å²) in [5.74, 6) is 0. The molecule has 9 nitrogen and oxygen atoms in total. The summed E-state index contributed by atoms with van der Waals surface area (Å²) in [6.07, 6.45) is 3.46. The van der Waals surface area contributed by atoms with Crippen molar-refractivity contribution in [2.45, 2.75) is 26.8 Å². The topological polar surface area (TPSA) is 116 Å². The third kappa shape index (κ3) is 3.75. The number of hydrogen-bond acceptors (Lipinski definition) is 6. The third-order valence-corrected chi connectivity index (χ3v) is 3.41. The predicted octanol–water partition coefficient (Wildman–Crippen LogP) is 3.64. The Balaban J connectivity index is 2.21. The van der Waals surface area contributed by atoms with Crippen LogP contribution in [0.5, 0.6) is 0 Å². The number of benzene rings is 1. The van der Waals surface area contributed by atoms with Gasteiger partial charge in [-0.05, 0) is 32.9 Å². The van der Waals surface area contributed by atoms with Crippen LogP contribution < -0.4 is 5.43 Å². The van der Waals surface area contributed by atoms with Crippen molar-refractivity contribution in [3.8, 4) is 0 Å². The number of nitrogens with zero attached hydrogens (tertiary/aromatic N) is 4. The van der Waals surface area contributed by atoms with Gasteiger partial charge >= 0.3 is 5.69 Å². The molecular weight excluding hydrogens is 314 g/mol. The molecule has 9 heteroatoms. The summed E-state index contributed by atoms with van der Waals surface area (Å²) in [4.78, 5) is 20.4. The molecular formula is C15H17N5O4. The molecule has 1 N–H and O–H groups in total. The molecule has 24 heavy (non-hydrogen) atoms. The van der Waals surface area contributed by atoms with Gasteiger partial charge in [-0.2, -0.15) is 5.10 Å². The number of nitro groups is 2. The maximum absolute atomic E-state index is 11.0. The van der Waals surface area contributed by atoms with Crippen LogP contribution in [0.1, 0.15) is 31.1 Å². The van der Waals surface area contributed by atoms with Gasteiger partial charge in [-0.15, -0.1) is 0 Å². The molecule has 0 fully saturated rings. The van der Waals surface area contributed by atoms with Crippen LogP contribution in [0, 0.1) is 27.2 Å². The van der Waals surface area contributed by atoms with E-state index in [0.717, 1.165) is 17.3 Å². The number of rotatable bonds is 6. The van der Waals surface area contributed by atoms with E-state index in [2.05, 4.69) is 28.9 Å². The van der Waals surface area contributed by atoms with E-state index in [1.807, 2.05) is 19.2 Å². The summed E-state index contributed by atoms with van der Waals surface area (Å²) in [6, 6.07) is 5.60. The molecule has 0 atom stereocenters. The Labute approximate surface area is 137 Å². The first-order chi connectivity index (χ1) is 11.3. The average Bonchev–Trinajstić information content (AvgIpc) is 2.88. The molecule has 2 aromatic rings. The van der Waals surface area contributed by atoms with Crippen LogP contribution in [0.3, 0.4) is 0 Å². The molecule has 0 aliphatic carbocycles. The van der Waals surface area contributed by atoms with Gasteiger partial charge in [0.15, 0.2) is 0 Å². The summed E-state index contributed by atoms with van der Waals surface area (Å²) in [5, 5.41) is 25.7. The molecule has 2 rings (SSSR count). The Morgan fingerprint density at radius 1 is 1.21 bits per heavy atom. The minimum absolute atomic E-state index is 0.0851. The fourth-order valence-electron chi connectivity index (χ4n) is 2.30. The monoisotopic (exact) mass is 331 g/mol. The van der Waals surface area contributed by atoms with Gasteiger partial charge in [0.25, 0.3) is 5.69 Å². The van der Waals surface area contributed by atoms with Gasteiger partial charge in [-0.3, -0.25) is 25.7 Å². The van der Waals surface area contributed by atoms with E-state index in [1.165, 1.54) is 18.3 Å². The number of non-ortho nitro benzene ring substituents is 1. The first-order valence-corrected chi connectivity index (χ1v) is 7.20. The molecule has 1 aromatic carbocycles. The Hall–Kier alpha value is -3.23. The smallest absolute Gasteiger partial charge is 0.301 e. The molecule has 126 valence electrons. The fourth-order valence-corrected chi connectivity index (χ4v) is 2.30. The van der Waals surface area contributed by atoms with Crippen LogP contribution in [0.25, 0.3) is 0 Å². The van der Waals surface area contributed by atoms with Gasteiger partial charge in [0.05, 0.1) is 22.1 Å². The van der Waals surface area contributed by atoms with Crippen molar-refractivity contribution in [2.75, 3.05) is 5.43 Å². The molecule has 0 unspecified atom stereocenters. The highest BCUT2D eigenvalue weighted by atomic mass is 16.6. The number of hydrazone groups is 1. The van der Waals surface area contributed by atoms with Crippen LogP contribution >= 0.6 is 0 Å². The van der Waals surface area contributed by atoms with Crippen LogP contribution in [0.15, 0.2) is 35.6 Å². The molecule has 0 spiro atoms. The predicted molar refractivity (Wildman–Crippen MR) is 90.5 cm³/mol. The van der Waals surface area contributed by atoms with E-state index in [4.69, 9.17) is 0 Å². The molecule has 0 bridgehead atoms. The molecule has 0 saturated carbocycles.